The van der Waals surface area contributed by atoms with Crippen LogP contribution in [0.4, 0.5) is 15.8 Å². The van der Waals surface area contributed by atoms with Gasteiger partial charge < -0.3 is 30.1 Å². The van der Waals surface area contributed by atoms with Gasteiger partial charge in [-0.3, -0.25) is 19.3 Å². The maximum absolute atomic E-state index is 13.3. The van der Waals surface area contributed by atoms with Crippen molar-refractivity contribution in [1.29, 1.82) is 0 Å². The number of aliphatic hydroxyl groups excluding tert-OH is 1. The van der Waals surface area contributed by atoms with Crippen molar-refractivity contribution in [2.75, 3.05) is 49.2 Å². The third kappa shape index (κ3) is 5.01. The Labute approximate surface area is 212 Å². The second-order valence-electron chi connectivity index (χ2n) is 9.18. The summed E-state index contributed by atoms with van der Waals surface area (Å²) in [6, 6.07) is 7.55. The number of aromatic nitrogens is 2. The molecule has 5 rings (SSSR count). The number of halogens is 1. The molecule has 2 aliphatic heterocycles. The molecule has 0 aliphatic carbocycles. The molecule has 0 bridgehead atoms. The second kappa shape index (κ2) is 10.4. The molecule has 4 heterocycles. The highest BCUT2D eigenvalue weighted by Gasteiger charge is 2.28. The summed E-state index contributed by atoms with van der Waals surface area (Å²) >= 11 is 0. The van der Waals surface area contributed by atoms with E-state index in [2.05, 4.69) is 20.5 Å². The Kier molecular flexibility index (Phi) is 7.07. The Hall–Kier alpha value is -3.58. The topological polar surface area (TPSA) is 132 Å². The number of anilines is 2. The number of benzene rings is 1. The normalized spacial score (nSPS) is 19.4. The first-order chi connectivity index (χ1) is 17.8. The van der Waals surface area contributed by atoms with E-state index < -0.39 is 17.5 Å². The molecule has 2 unspecified atom stereocenters. The molecular weight excluding hydrogens is 483 g/mol. The lowest BCUT2D eigenvalue weighted by Gasteiger charge is -2.36. The number of fused-ring (bicyclic) bond motifs is 1. The fourth-order valence-corrected chi connectivity index (χ4v) is 4.65. The zero-order valence-electron chi connectivity index (χ0n) is 20.4. The fourth-order valence-electron chi connectivity index (χ4n) is 4.65. The molecule has 2 saturated heterocycles. The highest BCUT2D eigenvalue weighted by Crippen LogP contribution is 2.31. The van der Waals surface area contributed by atoms with Crippen LogP contribution < -0.4 is 26.0 Å². The third-order valence-electron chi connectivity index (χ3n) is 6.64. The predicted octanol–water partition coefficient (Wildman–Crippen LogP) is 0.481. The van der Waals surface area contributed by atoms with Crippen molar-refractivity contribution < 1.29 is 24.1 Å². The third-order valence-corrected chi connectivity index (χ3v) is 6.64. The number of amides is 1. The summed E-state index contributed by atoms with van der Waals surface area (Å²) in [5.41, 5.74) is 0.897. The summed E-state index contributed by atoms with van der Waals surface area (Å²) in [7, 11) is 0. The molecule has 4 N–H and O–H groups in total. The van der Waals surface area contributed by atoms with Gasteiger partial charge >= 0.3 is 5.56 Å². The first-order valence-corrected chi connectivity index (χ1v) is 12.1. The number of carbonyl (C=O) groups is 1. The molecule has 1 aromatic carbocycles. The summed E-state index contributed by atoms with van der Waals surface area (Å²) < 4.78 is 20.0. The number of carbonyl (C=O) groups excluding carboxylic acids is 1. The number of pyridine rings is 1. The number of hydrogen-bond donors (Lipinski definition) is 4. The maximum atomic E-state index is 13.3. The Bertz CT molecular complexity index is 1360. The minimum atomic E-state index is -1.49. The van der Waals surface area contributed by atoms with Gasteiger partial charge in [0.05, 0.1) is 31.1 Å². The largest absolute Gasteiger partial charge is 0.502 e. The monoisotopic (exact) mass is 512 g/mol. The van der Waals surface area contributed by atoms with Crippen molar-refractivity contribution in [2.45, 2.75) is 25.7 Å². The molecule has 11 nitrogen and oxygen atoms in total. The van der Waals surface area contributed by atoms with Gasteiger partial charge in [-0.2, -0.15) is 0 Å². The summed E-state index contributed by atoms with van der Waals surface area (Å²) in [4.78, 5) is 34.3. The highest BCUT2D eigenvalue weighted by atomic mass is 19.1. The lowest BCUT2D eigenvalue weighted by atomic mass is 10.2. The smallest absolute Gasteiger partial charge is 0.300 e. The van der Waals surface area contributed by atoms with Crippen LogP contribution in [-0.2, 0) is 16.1 Å². The number of hydrogen-bond acceptors (Lipinski definition) is 9. The highest BCUT2D eigenvalue weighted by molar-refractivity contribution is 5.99. The van der Waals surface area contributed by atoms with Gasteiger partial charge in [-0.05, 0) is 30.7 Å². The van der Waals surface area contributed by atoms with Crippen molar-refractivity contribution in [3.05, 3.63) is 64.0 Å². The molecule has 0 saturated carbocycles. The summed E-state index contributed by atoms with van der Waals surface area (Å²) in [6.07, 6.45) is 0.0954. The first kappa shape index (κ1) is 25.1. The maximum Gasteiger partial charge on any atom is 0.300 e. The summed E-state index contributed by atoms with van der Waals surface area (Å²) in [6.45, 7) is 4.85. The van der Waals surface area contributed by atoms with E-state index in [0.29, 0.717) is 49.8 Å². The van der Waals surface area contributed by atoms with E-state index in [1.165, 1.54) is 16.5 Å². The number of nitrogens with one attached hydrogen (secondary N) is 2. The lowest BCUT2D eigenvalue weighted by Crippen LogP contribution is -2.49. The van der Waals surface area contributed by atoms with Crippen LogP contribution in [0.3, 0.4) is 0 Å². The molecule has 0 radical (unpaired) electrons. The molecule has 2 fully saturated rings. The van der Waals surface area contributed by atoms with Gasteiger partial charge in [0.2, 0.25) is 11.7 Å². The quantitative estimate of drug-likeness (QED) is 0.348. The number of piperazine rings is 1. The van der Waals surface area contributed by atoms with Crippen molar-refractivity contribution >= 4 is 22.9 Å². The Morgan fingerprint density at radius 2 is 2.05 bits per heavy atom. The molecule has 2 aliphatic rings. The minimum absolute atomic E-state index is 0.0341. The van der Waals surface area contributed by atoms with Gasteiger partial charge in [0.15, 0.2) is 11.9 Å². The number of nitrogens with zero attached hydrogens (tertiary/aromatic N) is 4. The summed E-state index contributed by atoms with van der Waals surface area (Å²) in [5.74, 6) is -1.27. The van der Waals surface area contributed by atoms with Gasteiger partial charge in [-0.15, -0.1) is 0 Å². The molecule has 2 atom stereocenters. The van der Waals surface area contributed by atoms with E-state index in [4.69, 9.17) is 4.74 Å². The zero-order valence-corrected chi connectivity index (χ0v) is 20.4. The average Bonchev–Trinajstić information content (AvgIpc) is 2.90. The fraction of sp³-hybridized carbons (Fsp3) is 0.400. The average molecular weight is 513 g/mol. The van der Waals surface area contributed by atoms with Crippen molar-refractivity contribution in [3.63, 3.8) is 0 Å². The molecule has 1 amide bonds. The minimum Gasteiger partial charge on any atom is -0.502 e. The van der Waals surface area contributed by atoms with Crippen LogP contribution in [0, 0.1) is 5.82 Å². The van der Waals surface area contributed by atoms with Gasteiger partial charge in [0.1, 0.15) is 11.5 Å². The SMILES string of the molecule is CC1COCCN1c1cc(N2CCNCC2=O)c2nc(C(O)NCc3ccc(F)cc3)c(O)c(=O)n2c1. The Morgan fingerprint density at radius 3 is 2.78 bits per heavy atom. The number of aliphatic hydroxyl groups is 1. The standard InChI is InChI=1S/C25H29FN6O5/c1-15-14-37-9-8-30(15)18-10-19(31-7-6-27-12-20(31)33)23-29-21(22(34)25(36)32(23)13-18)24(35)28-11-16-2-4-17(26)5-3-16/h2-5,10,13,15,24,27-28,34-35H,6-9,11-12,14H2,1H3. The van der Waals surface area contributed by atoms with Crippen molar-refractivity contribution in [1.82, 2.24) is 20.0 Å². The van der Waals surface area contributed by atoms with Gasteiger partial charge in [-0.25, -0.2) is 9.37 Å². The molecule has 37 heavy (non-hydrogen) atoms. The van der Waals surface area contributed by atoms with Crippen LogP contribution in [0.5, 0.6) is 5.75 Å². The van der Waals surface area contributed by atoms with Crippen LogP contribution >= 0.6 is 0 Å². The Balaban J connectivity index is 1.58. The van der Waals surface area contributed by atoms with E-state index in [-0.39, 0.29) is 42.2 Å². The van der Waals surface area contributed by atoms with Crippen LogP contribution in [0.1, 0.15) is 24.4 Å². The molecule has 12 heteroatoms. The predicted molar refractivity (Wildman–Crippen MR) is 134 cm³/mol. The van der Waals surface area contributed by atoms with Crippen LogP contribution in [0.15, 0.2) is 41.3 Å². The van der Waals surface area contributed by atoms with Crippen molar-refractivity contribution in [3.8, 4) is 5.75 Å². The number of morpholine rings is 1. The van der Waals surface area contributed by atoms with E-state index in [0.717, 1.165) is 0 Å². The van der Waals surface area contributed by atoms with Gasteiger partial charge in [0.25, 0.3) is 0 Å². The van der Waals surface area contributed by atoms with E-state index >= 15 is 0 Å². The van der Waals surface area contributed by atoms with Crippen LogP contribution in [0.2, 0.25) is 0 Å². The van der Waals surface area contributed by atoms with Crippen LogP contribution in [0.25, 0.3) is 5.65 Å². The molecule has 2 aromatic heterocycles. The number of aromatic hydroxyl groups is 1. The van der Waals surface area contributed by atoms with Gasteiger partial charge in [0, 0.05) is 38.4 Å². The molecule has 196 valence electrons. The number of ether oxygens (including phenoxy) is 1. The van der Waals surface area contributed by atoms with Gasteiger partial charge in [-0.1, -0.05) is 12.1 Å². The summed E-state index contributed by atoms with van der Waals surface area (Å²) in [5, 5.41) is 27.3. The van der Waals surface area contributed by atoms with E-state index in [1.807, 2.05) is 13.0 Å². The lowest BCUT2D eigenvalue weighted by molar-refractivity contribution is -0.118. The van der Waals surface area contributed by atoms with Crippen LogP contribution in [-0.4, -0.2) is 70.9 Å². The molecular formula is C25H29FN6O5. The molecule has 3 aromatic rings. The second-order valence-corrected chi connectivity index (χ2v) is 9.18. The first-order valence-electron chi connectivity index (χ1n) is 12.1. The molecule has 0 spiro atoms. The van der Waals surface area contributed by atoms with Crippen molar-refractivity contribution in [2.24, 2.45) is 0 Å². The zero-order chi connectivity index (χ0) is 26.1. The van der Waals surface area contributed by atoms with E-state index in [1.54, 1.807) is 23.2 Å². The Morgan fingerprint density at radius 1 is 1.27 bits per heavy atom. The van der Waals surface area contributed by atoms with E-state index in [9.17, 15) is 24.2 Å². The number of rotatable bonds is 6.